The second-order valence-corrected chi connectivity index (χ2v) is 8.34. The third kappa shape index (κ3) is 4.42. The topological polar surface area (TPSA) is 106 Å². The second-order valence-electron chi connectivity index (χ2n) is 8.34. The maximum absolute atomic E-state index is 13.2. The summed E-state index contributed by atoms with van der Waals surface area (Å²) in [5.41, 5.74) is 6.53. The van der Waals surface area contributed by atoms with Crippen molar-refractivity contribution in [2.75, 3.05) is 19.4 Å². The number of imide groups is 1. The minimum absolute atomic E-state index is 0.00694. The zero-order chi connectivity index (χ0) is 21.8. The molecule has 0 radical (unpaired) electrons. The van der Waals surface area contributed by atoms with E-state index in [-0.39, 0.29) is 18.6 Å². The molecule has 1 aromatic rings. The highest BCUT2D eigenvalue weighted by Crippen LogP contribution is 2.34. The number of urea groups is 1. The van der Waals surface area contributed by atoms with Gasteiger partial charge in [0.1, 0.15) is 5.82 Å². The maximum Gasteiger partial charge on any atom is 0.330 e. The number of aromatic nitrogens is 1. The van der Waals surface area contributed by atoms with Crippen LogP contribution in [0.4, 0.5) is 10.6 Å². The maximum atomic E-state index is 13.2. The fourth-order valence-electron chi connectivity index (χ4n) is 4.61. The number of nitrogens with zero attached hydrogens (tertiary/aromatic N) is 3. The molecule has 30 heavy (non-hydrogen) atoms. The Morgan fingerprint density at radius 3 is 2.67 bits per heavy atom. The third-order valence-corrected chi connectivity index (χ3v) is 6.49. The quantitative estimate of drug-likeness (QED) is 0.564. The van der Waals surface area contributed by atoms with E-state index in [1.165, 1.54) is 19.3 Å². The number of carbonyl (C=O) groups excluding carboxylic acids is 3. The zero-order valence-corrected chi connectivity index (χ0v) is 18.0. The van der Waals surface area contributed by atoms with E-state index in [1.54, 1.807) is 37.2 Å². The van der Waals surface area contributed by atoms with E-state index < -0.39 is 24.0 Å². The molecule has 1 aliphatic heterocycles. The molecule has 2 heterocycles. The number of ether oxygens (including phenoxy) is 1. The highest BCUT2D eigenvalue weighted by Gasteiger charge is 2.56. The Kier molecular flexibility index (Phi) is 6.95. The molecule has 1 saturated heterocycles. The minimum Gasteiger partial charge on any atom is -0.464 e. The van der Waals surface area contributed by atoms with Crippen molar-refractivity contribution in [3.63, 3.8) is 0 Å². The van der Waals surface area contributed by atoms with Gasteiger partial charge < -0.3 is 15.4 Å². The highest BCUT2D eigenvalue weighted by molar-refractivity contribution is 6.08. The molecule has 3 rings (SSSR count). The van der Waals surface area contributed by atoms with E-state index in [1.807, 2.05) is 6.92 Å². The lowest BCUT2D eigenvalue weighted by Gasteiger charge is -2.46. The van der Waals surface area contributed by atoms with Gasteiger partial charge in [0.05, 0.1) is 12.5 Å². The van der Waals surface area contributed by atoms with Gasteiger partial charge in [0, 0.05) is 19.3 Å². The molecule has 1 aliphatic carbocycles. The predicted molar refractivity (Wildman–Crippen MR) is 112 cm³/mol. The number of amides is 3. The van der Waals surface area contributed by atoms with E-state index in [0.29, 0.717) is 18.2 Å². The Labute approximate surface area is 177 Å². The van der Waals surface area contributed by atoms with Crippen LogP contribution in [0, 0.1) is 11.8 Å². The molecule has 1 saturated carbocycles. The van der Waals surface area contributed by atoms with Gasteiger partial charge in [-0.05, 0) is 56.7 Å². The number of β-lactam (4-membered cyclic amide) rings is 1. The van der Waals surface area contributed by atoms with Gasteiger partial charge in [0.15, 0.2) is 6.04 Å². The molecule has 8 heteroatoms. The van der Waals surface area contributed by atoms with Crippen LogP contribution in [0.3, 0.4) is 0 Å². The van der Waals surface area contributed by atoms with Crippen LogP contribution in [0.5, 0.6) is 0 Å². The number of carbonyl (C=O) groups is 3. The van der Waals surface area contributed by atoms with Crippen LogP contribution in [0.1, 0.15) is 51.5 Å². The van der Waals surface area contributed by atoms with Crippen molar-refractivity contribution in [1.82, 2.24) is 14.8 Å². The van der Waals surface area contributed by atoms with Gasteiger partial charge in [-0.15, -0.1) is 0 Å². The molecule has 3 atom stereocenters. The van der Waals surface area contributed by atoms with Crippen molar-refractivity contribution in [2.45, 2.75) is 64.5 Å². The predicted octanol–water partition coefficient (Wildman–Crippen LogP) is 2.62. The first-order valence-corrected chi connectivity index (χ1v) is 10.8. The summed E-state index contributed by atoms with van der Waals surface area (Å²) in [6, 6.07) is 2.10. The first-order chi connectivity index (χ1) is 14.3. The van der Waals surface area contributed by atoms with Crippen molar-refractivity contribution in [2.24, 2.45) is 11.8 Å². The summed E-state index contributed by atoms with van der Waals surface area (Å²) in [5, 5.41) is 0. The summed E-state index contributed by atoms with van der Waals surface area (Å²) >= 11 is 0. The fourth-order valence-corrected chi connectivity index (χ4v) is 4.61. The number of likely N-dealkylation sites (tertiary alicyclic amines) is 1. The average molecular weight is 417 g/mol. The molecule has 0 bridgehead atoms. The number of nitrogen functional groups attached to an aromatic ring is 1. The van der Waals surface area contributed by atoms with Gasteiger partial charge >= 0.3 is 12.0 Å². The van der Waals surface area contributed by atoms with Crippen molar-refractivity contribution in [3.05, 3.63) is 23.9 Å². The highest BCUT2D eigenvalue weighted by atomic mass is 16.5. The SMILES string of the molecule is CCOC(=O)C1[C@@H](Cc2ccnc(N)c2)C(=O)N1C(=O)N(C)C(C)C1CCCCC1. The number of anilines is 1. The fraction of sp³-hybridized carbons (Fsp3) is 0.636. The first-order valence-electron chi connectivity index (χ1n) is 10.8. The number of rotatable bonds is 6. The monoisotopic (exact) mass is 416 g/mol. The number of hydrogen-bond acceptors (Lipinski definition) is 6. The molecule has 0 aromatic carbocycles. The van der Waals surface area contributed by atoms with Crippen LogP contribution in [0.15, 0.2) is 18.3 Å². The van der Waals surface area contributed by atoms with Crippen LogP contribution >= 0.6 is 0 Å². The van der Waals surface area contributed by atoms with Crippen molar-refractivity contribution in [3.8, 4) is 0 Å². The van der Waals surface area contributed by atoms with Gasteiger partial charge in [-0.25, -0.2) is 19.5 Å². The molecular weight excluding hydrogens is 384 g/mol. The summed E-state index contributed by atoms with van der Waals surface area (Å²) in [7, 11) is 1.72. The lowest BCUT2D eigenvalue weighted by molar-refractivity contribution is -0.170. The largest absolute Gasteiger partial charge is 0.464 e. The molecule has 2 unspecified atom stereocenters. The van der Waals surface area contributed by atoms with Gasteiger partial charge in [0.2, 0.25) is 5.91 Å². The van der Waals surface area contributed by atoms with E-state index >= 15 is 0 Å². The normalized spacial score (nSPS) is 22.9. The molecule has 0 spiro atoms. The summed E-state index contributed by atoms with van der Waals surface area (Å²) < 4.78 is 5.18. The van der Waals surface area contributed by atoms with Crippen LogP contribution in [-0.2, 0) is 20.7 Å². The summed E-state index contributed by atoms with van der Waals surface area (Å²) in [5.74, 6) is -0.776. The first kappa shape index (κ1) is 22.1. The number of esters is 1. The van der Waals surface area contributed by atoms with Crippen molar-refractivity contribution in [1.29, 1.82) is 0 Å². The number of pyridine rings is 1. The minimum atomic E-state index is -0.916. The van der Waals surface area contributed by atoms with Crippen molar-refractivity contribution >= 4 is 23.7 Å². The van der Waals surface area contributed by atoms with Gasteiger partial charge in [0.25, 0.3) is 0 Å². The van der Waals surface area contributed by atoms with Crippen LogP contribution < -0.4 is 5.73 Å². The third-order valence-electron chi connectivity index (χ3n) is 6.49. The van der Waals surface area contributed by atoms with E-state index in [0.717, 1.165) is 23.3 Å². The van der Waals surface area contributed by atoms with E-state index in [9.17, 15) is 14.4 Å². The standard InChI is InChI=1S/C22H32N4O4/c1-4-30-21(28)19-17(12-15-10-11-24-18(23)13-15)20(27)26(19)22(29)25(3)14(2)16-8-6-5-7-9-16/h10-11,13-14,16-17,19H,4-9,12H2,1-3H3,(H2,23,24)/t14?,17-,19?/m1/s1. The lowest BCUT2D eigenvalue weighted by Crippen LogP contribution is -2.69. The van der Waals surface area contributed by atoms with Gasteiger partial charge in [-0.2, -0.15) is 0 Å². The molecule has 2 aliphatic rings. The molecule has 1 aromatic heterocycles. The molecule has 8 nitrogen and oxygen atoms in total. The summed E-state index contributed by atoms with van der Waals surface area (Å²) in [4.78, 5) is 45.4. The Morgan fingerprint density at radius 1 is 1.33 bits per heavy atom. The zero-order valence-electron chi connectivity index (χ0n) is 18.0. The summed E-state index contributed by atoms with van der Waals surface area (Å²) in [6.45, 7) is 3.92. The Hall–Kier alpha value is -2.64. The van der Waals surface area contributed by atoms with Crippen LogP contribution in [0.2, 0.25) is 0 Å². The van der Waals surface area contributed by atoms with Gasteiger partial charge in [-0.1, -0.05) is 19.3 Å². The Balaban J connectivity index is 1.75. The second kappa shape index (κ2) is 9.45. The molecule has 2 fully saturated rings. The lowest BCUT2D eigenvalue weighted by atomic mass is 9.82. The molecule has 164 valence electrons. The number of hydrogen-bond donors (Lipinski definition) is 1. The van der Waals surface area contributed by atoms with Crippen LogP contribution in [-0.4, -0.2) is 58.4 Å². The number of nitrogens with two attached hydrogens (primary N) is 1. The molecular formula is C22H32N4O4. The Morgan fingerprint density at radius 2 is 2.03 bits per heavy atom. The van der Waals surface area contributed by atoms with Crippen LogP contribution in [0.25, 0.3) is 0 Å². The van der Waals surface area contributed by atoms with E-state index in [2.05, 4.69) is 4.98 Å². The Bertz CT molecular complexity index is 793. The average Bonchev–Trinajstić information content (AvgIpc) is 2.74. The molecule has 2 N–H and O–H groups in total. The summed E-state index contributed by atoms with van der Waals surface area (Å²) in [6.07, 6.45) is 7.61. The molecule has 3 amide bonds. The van der Waals surface area contributed by atoms with Crippen molar-refractivity contribution < 1.29 is 19.1 Å². The van der Waals surface area contributed by atoms with E-state index in [4.69, 9.17) is 10.5 Å². The smallest absolute Gasteiger partial charge is 0.330 e. The van der Waals surface area contributed by atoms with Gasteiger partial charge in [-0.3, -0.25) is 4.79 Å².